The molecular formula is C17H13BrF6N2O2. The summed E-state index contributed by atoms with van der Waals surface area (Å²) in [4.78, 5) is 4.28. The second kappa shape index (κ2) is 7.69. The third-order valence-corrected chi connectivity index (χ3v) is 4.68. The fraction of sp³-hybridized carbons (Fsp3) is 0.353. The summed E-state index contributed by atoms with van der Waals surface area (Å²) in [5, 5.41) is 0. The van der Waals surface area contributed by atoms with E-state index in [0.717, 1.165) is 10.8 Å². The van der Waals surface area contributed by atoms with Crippen LogP contribution in [0.15, 0.2) is 33.9 Å². The van der Waals surface area contributed by atoms with Crippen molar-refractivity contribution in [3.8, 4) is 11.5 Å². The molecule has 4 nitrogen and oxygen atoms in total. The number of halogens is 7. The Hall–Kier alpha value is -2.17. The highest BCUT2D eigenvalue weighted by Crippen LogP contribution is 2.39. The molecule has 0 saturated heterocycles. The normalized spacial score (nSPS) is 17.5. The standard InChI is InChI=1S/C17H13BrF6N2O2/c1-26-7-8(17(22,23)24)6-12(28-16(20)21)15(26)25-11-4-5-27-14-9(11)2-3-10(18)13(14)19/h2-3,6-7,11,16H,4-5H2,1H3/b25-15-. The lowest BCUT2D eigenvalue weighted by Gasteiger charge is -2.24. The van der Waals surface area contributed by atoms with E-state index in [1.807, 2.05) is 0 Å². The summed E-state index contributed by atoms with van der Waals surface area (Å²) >= 11 is 3.04. The van der Waals surface area contributed by atoms with Gasteiger partial charge in [-0.15, -0.1) is 0 Å². The topological polar surface area (TPSA) is 35.8 Å². The summed E-state index contributed by atoms with van der Waals surface area (Å²) < 4.78 is 89.5. The number of pyridine rings is 1. The number of nitrogens with zero attached hydrogens (tertiary/aromatic N) is 2. The minimum absolute atomic E-state index is 0.0414. The van der Waals surface area contributed by atoms with Crippen molar-refractivity contribution < 1.29 is 35.8 Å². The minimum Gasteiger partial charge on any atom is -0.490 e. The van der Waals surface area contributed by atoms with E-state index in [2.05, 4.69) is 25.7 Å². The highest BCUT2D eigenvalue weighted by molar-refractivity contribution is 9.10. The molecule has 0 radical (unpaired) electrons. The average molecular weight is 471 g/mol. The molecule has 0 fully saturated rings. The monoisotopic (exact) mass is 470 g/mol. The van der Waals surface area contributed by atoms with Crippen LogP contribution in [-0.4, -0.2) is 17.8 Å². The quantitative estimate of drug-likeness (QED) is 0.593. The van der Waals surface area contributed by atoms with Crippen molar-refractivity contribution in [2.75, 3.05) is 6.61 Å². The zero-order valence-corrected chi connectivity index (χ0v) is 15.8. The van der Waals surface area contributed by atoms with Gasteiger partial charge in [0.2, 0.25) is 0 Å². The zero-order chi connectivity index (χ0) is 20.6. The Morgan fingerprint density at radius 3 is 2.68 bits per heavy atom. The van der Waals surface area contributed by atoms with Crippen molar-refractivity contribution in [3.63, 3.8) is 0 Å². The fourth-order valence-electron chi connectivity index (χ4n) is 2.84. The third-order valence-electron chi connectivity index (χ3n) is 4.07. The van der Waals surface area contributed by atoms with Crippen molar-refractivity contribution in [1.82, 2.24) is 4.57 Å². The summed E-state index contributed by atoms with van der Waals surface area (Å²) in [6.07, 6.45) is -3.75. The van der Waals surface area contributed by atoms with E-state index in [4.69, 9.17) is 4.74 Å². The Bertz CT molecular complexity index is 958. The van der Waals surface area contributed by atoms with Gasteiger partial charge in [-0.05, 0) is 28.1 Å². The third kappa shape index (κ3) is 4.13. The van der Waals surface area contributed by atoms with Crippen LogP contribution in [0.4, 0.5) is 26.3 Å². The molecule has 0 spiro atoms. The maximum absolute atomic E-state index is 14.2. The summed E-state index contributed by atoms with van der Waals surface area (Å²) in [6.45, 7) is -3.24. The van der Waals surface area contributed by atoms with Crippen LogP contribution < -0.4 is 15.0 Å². The molecule has 0 amide bonds. The van der Waals surface area contributed by atoms with Gasteiger partial charge in [-0.3, -0.25) is 4.99 Å². The molecule has 0 N–H and O–H groups in total. The summed E-state index contributed by atoms with van der Waals surface area (Å²) in [6, 6.07) is 2.74. The number of hydrogen-bond donors (Lipinski definition) is 0. The molecule has 1 aliphatic rings. The van der Waals surface area contributed by atoms with Crippen molar-refractivity contribution >= 4 is 15.9 Å². The van der Waals surface area contributed by atoms with Crippen molar-refractivity contribution in [3.05, 3.63) is 51.3 Å². The number of aromatic nitrogens is 1. The molecule has 1 aliphatic heterocycles. The molecule has 2 heterocycles. The van der Waals surface area contributed by atoms with E-state index in [1.165, 1.54) is 13.1 Å². The van der Waals surface area contributed by atoms with Gasteiger partial charge >= 0.3 is 12.8 Å². The van der Waals surface area contributed by atoms with Gasteiger partial charge in [0, 0.05) is 25.2 Å². The number of benzene rings is 1. The zero-order valence-electron chi connectivity index (χ0n) is 14.2. The average Bonchev–Trinajstić information content (AvgIpc) is 2.59. The van der Waals surface area contributed by atoms with E-state index >= 15 is 0 Å². The van der Waals surface area contributed by atoms with E-state index in [-0.39, 0.29) is 28.7 Å². The molecule has 1 aromatic carbocycles. The maximum Gasteiger partial charge on any atom is 0.417 e. The van der Waals surface area contributed by atoms with E-state index in [9.17, 15) is 26.3 Å². The molecule has 2 aromatic rings. The fourth-order valence-corrected chi connectivity index (χ4v) is 3.16. The van der Waals surface area contributed by atoms with E-state index in [0.29, 0.717) is 11.6 Å². The SMILES string of the molecule is Cn1cc(C(F)(F)F)cc(OC(F)F)/c1=N/C1CCOc2c1ccc(Br)c2F. The van der Waals surface area contributed by atoms with Crippen LogP contribution in [0.2, 0.25) is 0 Å². The highest BCUT2D eigenvalue weighted by atomic mass is 79.9. The van der Waals surface area contributed by atoms with Gasteiger partial charge in [-0.2, -0.15) is 22.0 Å². The molecular weight excluding hydrogens is 458 g/mol. The molecule has 0 saturated carbocycles. The summed E-state index contributed by atoms with van der Waals surface area (Å²) in [7, 11) is 1.23. The first-order chi connectivity index (χ1) is 13.1. The molecule has 152 valence electrons. The maximum atomic E-state index is 14.2. The summed E-state index contributed by atoms with van der Waals surface area (Å²) in [5.74, 6) is -1.41. The lowest BCUT2D eigenvalue weighted by Crippen LogP contribution is -2.26. The van der Waals surface area contributed by atoms with Crippen LogP contribution in [0.25, 0.3) is 0 Å². The van der Waals surface area contributed by atoms with Crippen LogP contribution in [0.1, 0.15) is 23.6 Å². The largest absolute Gasteiger partial charge is 0.490 e. The Kier molecular flexibility index (Phi) is 5.64. The van der Waals surface area contributed by atoms with Crippen LogP contribution in [-0.2, 0) is 13.2 Å². The van der Waals surface area contributed by atoms with Gasteiger partial charge in [-0.1, -0.05) is 6.07 Å². The van der Waals surface area contributed by atoms with Gasteiger partial charge in [0.05, 0.1) is 22.7 Å². The molecule has 1 aromatic heterocycles. The van der Waals surface area contributed by atoms with E-state index < -0.39 is 36.0 Å². The highest BCUT2D eigenvalue weighted by Gasteiger charge is 2.33. The first-order valence-electron chi connectivity index (χ1n) is 7.95. The van der Waals surface area contributed by atoms with Gasteiger partial charge in [-0.25, -0.2) is 4.39 Å². The number of hydrogen-bond acceptors (Lipinski definition) is 3. The van der Waals surface area contributed by atoms with Crippen LogP contribution in [0.3, 0.4) is 0 Å². The number of ether oxygens (including phenoxy) is 2. The Balaban J connectivity index is 2.16. The second-order valence-electron chi connectivity index (χ2n) is 5.97. The molecule has 0 bridgehead atoms. The first-order valence-corrected chi connectivity index (χ1v) is 8.74. The lowest BCUT2D eigenvalue weighted by molar-refractivity contribution is -0.138. The molecule has 0 aliphatic carbocycles. The van der Waals surface area contributed by atoms with Gasteiger partial charge in [0.15, 0.2) is 22.8 Å². The predicted octanol–water partition coefficient (Wildman–Crippen LogP) is 4.97. The first kappa shape index (κ1) is 20.6. The van der Waals surface area contributed by atoms with Crippen molar-refractivity contribution in [1.29, 1.82) is 0 Å². The van der Waals surface area contributed by atoms with Crippen molar-refractivity contribution in [2.45, 2.75) is 25.3 Å². The second-order valence-corrected chi connectivity index (χ2v) is 6.82. The molecule has 1 atom stereocenters. The van der Waals surface area contributed by atoms with E-state index in [1.54, 1.807) is 6.07 Å². The van der Waals surface area contributed by atoms with Gasteiger partial charge in [0.25, 0.3) is 0 Å². The number of aryl methyl sites for hydroxylation is 1. The molecule has 11 heteroatoms. The Morgan fingerprint density at radius 2 is 2.04 bits per heavy atom. The molecule has 28 heavy (non-hydrogen) atoms. The predicted molar refractivity (Wildman–Crippen MR) is 89.6 cm³/mol. The number of rotatable bonds is 3. The van der Waals surface area contributed by atoms with Gasteiger partial charge < -0.3 is 14.0 Å². The minimum atomic E-state index is -4.75. The molecule has 1 unspecified atom stereocenters. The van der Waals surface area contributed by atoms with Crippen LogP contribution >= 0.6 is 15.9 Å². The smallest absolute Gasteiger partial charge is 0.417 e. The summed E-state index contributed by atoms with van der Waals surface area (Å²) in [5.41, 5.74) is -1.03. The van der Waals surface area contributed by atoms with Gasteiger partial charge in [0.1, 0.15) is 0 Å². The number of alkyl halides is 5. The van der Waals surface area contributed by atoms with Crippen LogP contribution in [0.5, 0.6) is 11.5 Å². The number of fused-ring (bicyclic) bond motifs is 1. The van der Waals surface area contributed by atoms with Crippen molar-refractivity contribution in [2.24, 2.45) is 12.0 Å². The lowest BCUT2D eigenvalue weighted by atomic mass is 10.0. The van der Waals surface area contributed by atoms with Crippen LogP contribution in [0, 0.1) is 5.82 Å². The Labute approximate surface area is 163 Å². The molecule has 3 rings (SSSR count). The Morgan fingerprint density at radius 1 is 1.32 bits per heavy atom.